The maximum Gasteiger partial charge on any atom is 0.155 e. The Bertz CT molecular complexity index is 198. The summed E-state index contributed by atoms with van der Waals surface area (Å²) in [7, 11) is 0. The molecule has 0 aromatic heterocycles. The molecule has 13 heavy (non-hydrogen) atoms. The van der Waals surface area contributed by atoms with Gasteiger partial charge >= 0.3 is 0 Å². The number of terminal acetylenes is 1. The Labute approximate surface area is 77.5 Å². The van der Waals surface area contributed by atoms with Crippen molar-refractivity contribution in [1.29, 1.82) is 0 Å². The predicted octanol–water partition coefficient (Wildman–Crippen LogP) is -0.507. The van der Waals surface area contributed by atoms with Gasteiger partial charge in [-0.1, -0.05) is 0 Å². The molecule has 0 unspecified atom stereocenters. The van der Waals surface area contributed by atoms with Gasteiger partial charge in [-0.15, -0.1) is 12.3 Å². The van der Waals surface area contributed by atoms with E-state index in [0.717, 1.165) is 0 Å². The SMILES string of the molecule is C#CC[C@@H](O)[C@@H]1O[C@H](C)OC[C@H]1O. The van der Waals surface area contributed by atoms with Gasteiger partial charge in [0.1, 0.15) is 12.2 Å². The molecule has 0 radical (unpaired) electrons. The van der Waals surface area contributed by atoms with Crippen molar-refractivity contribution >= 4 is 0 Å². The van der Waals surface area contributed by atoms with Crippen LogP contribution in [0.3, 0.4) is 0 Å². The summed E-state index contributed by atoms with van der Waals surface area (Å²) in [5.74, 6) is 2.32. The van der Waals surface area contributed by atoms with Gasteiger partial charge in [0.25, 0.3) is 0 Å². The second-order valence-corrected chi connectivity index (χ2v) is 3.04. The molecule has 1 aliphatic rings. The Kier molecular flexibility index (Phi) is 3.70. The van der Waals surface area contributed by atoms with Gasteiger partial charge in [0.15, 0.2) is 6.29 Å². The molecule has 1 heterocycles. The molecular weight excluding hydrogens is 172 g/mol. The van der Waals surface area contributed by atoms with E-state index in [1.54, 1.807) is 6.92 Å². The lowest BCUT2D eigenvalue weighted by Crippen LogP contribution is -2.48. The molecule has 0 aromatic carbocycles. The lowest BCUT2D eigenvalue weighted by Gasteiger charge is -2.34. The molecule has 0 amide bonds. The fraction of sp³-hybridized carbons (Fsp3) is 0.778. The average Bonchev–Trinajstić information content (AvgIpc) is 2.09. The van der Waals surface area contributed by atoms with E-state index in [1.165, 1.54) is 0 Å². The third-order valence-electron chi connectivity index (χ3n) is 1.94. The van der Waals surface area contributed by atoms with E-state index in [9.17, 15) is 10.2 Å². The highest BCUT2D eigenvalue weighted by molar-refractivity contribution is 4.92. The first kappa shape index (κ1) is 10.5. The first-order chi connectivity index (χ1) is 6.15. The van der Waals surface area contributed by atoms with Crippen molar-refractivity contribution in [2.45, 2.75) is 37.9 Å². The van der Waals surface area contributed by atoms with Crippen LogP contribution >= 0.6 is 0 Å². The molecule has 1 fully saturated rings. The van der Waals surface area contributed by atoms with Crippen molar-refractivity contribution in [3.8, 4) is 12.3 Å². The zero-order valence-electron chi connectivity index (χ0n) is 7.51. The zero-order chi connectivity index (χ0) is 9.84. The zero-order valence-corrected chi connectivity index (χ0v) is 7.51. The third kappa shape index (κ3) is 2.68. The summed E-state index contributed by atoms with van der Waals surface area (Å²) in [5.41, 5.74) is 0. The topological polar surface area (TPSA) is 58.9 Å². The van der Waals surface area contributed by atoms with E-state index in [4.69, 9.17) is 15.9 Å². The van der Waals surface area contributed by atoms with Crippen LogP contribution in [0.5, 0.6) is 0 Å². The van der Waals surface area contributed by atoms with Gasteiger partial charge in [-0.2, -0.15) is 0 Å². The average molecular weight is 186 g/mol. The van der Waals surface area contributed by atoms with Gasteiger partial charge in [-0.3, -0.25) is 0 Å². The molecule has 4 atom stereocenters. The summed E-state index contributed by atoms with van der Waals surface area (Å²) in [6.45, 7) is 1.88. The van der Waals surface area contributed by atoms with Crippen molar-refractivity contribution in [3.05, 3.63) is 0 Å². The van der Waals surface area contributed by atoms with E-state index in [2.05, 4.69) is 5.92 Å². The normalized spacial score (nSPS) is 36.6. The number of hydrogen-bond acceptors (Lipinski definition) is 4. The summed E-state index contributed by atoms with van der Waals surface area (Å²) in [4.78, 5) is 0. The Morgan fingerprint density at radius 2 is 2.38 bits per heavy atom. The first-order valence-corrected chi connectivity index (χ1v) is 4.21. The number of aliphatic hydroxyl groups excluding tert-OH is 2. The minimum Gasteiger partial charge on any atom is -0.389 e. The van der Waals surface area contributed by atoms with Gasteiger partial charge in [0.2, 0.25) is 0 Å². The van der Waals surface area contributed by atoms with Crippen LogP contribution in [0.2, 0.25) is 0 Å². The molecule has 0 saturated carbocycles. The molecule has 0 aromatic rings. The number of hydrogen-bond donors (Lipinski definition) is 2. The summed E-state index contributed by atoms with van der Waals surface area (Å²) >= 11 is 0. The third-order valence-corrected chi connectivity index (χ3v) is 1.94. The van der Waals surface area contributed by atoms with E-state index in [1.807, 2.05) is 0 Å². The lowest BCUT2D eigenvalue weighted by molar-refractivity contribution is -0.263. The fourth-order valence-corrected chi connectivity index (χ4v) is 1.26. The van der Waals surface area contributed by atoms with Crippen LogP contribution < -0.4 is 0 Å². The van der Waals surface area contributed by atoms with E-state index >= 15 is 0 Å². The maximum atomic E-state index is 9.48. The lowest BCUT2D eigenvalue weighted by atomic mass is 10.1. The van der Waals surface area contributed by atoms with Crippen molar-refractivity contribution in [2.75, 3.05) is 6.61 Å². The molecule has 4 nitrogen and oxygen atoms in total. The molecule has 2 N–H and O–H groups in total. The molecule has 0 aliphatic carbocycles. The fourth-order valence-electron chi connectivity index (χ4n) is 1.26. The monoisotopic (exact) mass is 186 g/mol. The molecule has 0 bridgehead atoms. The summed E-state index contributed by atoms with van der Waals surface area (Å²) in [5, 5.41) is 18.9. The highest BCUT2D eigenvalue weighted by Crippen LogP contribution is 2.17. The van der Waals surface area contributed by atoms with Crippen LogP contribution in [-0.2, 0) is 9.47 Å². The van der Waals surface area contributed by atoms with E-state index in [-0.39, 0.29) is 13.0 Å². The van der Waals surface area contributed by atoms with Crippen LogP contribution in [0.15, 0.2) is 0 Å². The Balaban J connectivity index is 2.50. The Hall–Kier alpha value is -0.600. The van der Waals surface area contributed by atoms with Crippen LogP contribution in [-0.4, -0.2) is 41.4 Å². The van der Waals surface area contributed by atoms with Crippen molar-refractivity contribution in [1.82, 2.24) is 0 Å². The molecule has 1 saturated heterocycles. The summed E-state index contributed by atoms with van der Waals surface area (Å²) in [6, 6.07) is 0. The van der Waals surface area contributed by atoms with Crippen molar-refractivity contribution in [3.63, 3.8) is 0 Å². The van der Waals surface area contributed by atoms with E-state index < -0.39 is 24.6 Å². The molecule has 4 heteroatoms. The van der Waals surface area contributed by atoms with Gasteiger partial charge in [0, 0.05) is 6.42 Å². The van der Waals surface area contributed by atoms with Gasteiger partial charge in [-0.05, 0) is 6.92 Å². The second-order valence-electron chi connectivity index (χ2n) is 3.04. The largest absolute Gasteiger partial charge is 0.389 e. The minimum atomic E-state index is -0.827. The Morgan fingerprint density at radius 3 is 3.00 bits per heavy atom. The highest BCUT2D eigenvalue weighted by Gasteiger charge is 2.33. The number of ether oxygens (including phenoxy) is 2. The van der Waals surface area contributed by atoms with Gasteiger partial charge in [0.05, 0.1) is 12.7 Å². The first-order valence-electron chi connectivity index (χ1n) is 4.21. The van der Waals surface area contributed by atoms with Crippen LogP contribution in [0.4, 0.5) is 0 Å². The molecule has 1 aliphatic heterocycles. The maximum absolute atomic E-state index is 9.48. The van der Waals surface area contributed by atoms with Gasteiger partial charge < -0.3 is 19.7 Å². The highest BCUT2D eigenvalue weighted by atomic mass is 16.7. The molecule has 0 spiro atoms. The van der Waals surface area contributed by atoms with Gasteiger partial charge in [-0.25, -0.2) is 0 Å². The molecule has 1 rings (SSSR count). The second kappa shape index (κ2) is 4.58. The van der Waals surface area contributed by atoms with Crippen LogP contribution in [0.25, 0.3) is 0 Å². The van der Waals surface area contributed by atoms with Crippen molar-refractivity contribution in [2.24, 2.45) is 0 Å². The molecule has 74 valence electrons. The smallest absolute Gasteiger partial charge is 0.155 e. The Morgan fingerprint density at radius 1 is 1.69 bits per heavy atom. The summed E-state index contributed by atoms with van der Waals surface area (Å²) < 4.78 is 10.2. The van der Waals surface area contributed by atoms with Crippen LogP contribution in [0.1, 0.15) is 13.3 Å². The van der Waals surface area contributed by atoms with Crippen molar-refractivity contribution < 1.29 is 19.7 Å². The van der Waals surface area contributed by atoms with E-state index in [0.29, 0.717) is 0 Å². The summed E-state index contributed by atoms with van der Waals surface area (Å²) in [6.07, 6.45) is 2.54. The number of rotatable bonds is 2. The predicted molar refractivity (Wildman–Crippen MR) is 45.8 cm³/mol. The molecular formula is C9H14O4. The number of aliphatic hydroxyl groups is 2. The quantitative estimate of drug-likeness (QED) is 0.570. The van der Waals surface area contributed by atoms with Crippen LogP contribution in [0, 0.1) is 12.3 Å². The standard InChI is InChI=1S/C9H14O4/c1-3-4-7(10)9-8(11)5-12-6(2)13-9/h1,6-11H,4-5H2,2H3/t6-,7-,8-,9+/m1/s1. The minimum absolute atomic E-state index is 0.174.